The molecule has 1 saturated heterocycles. The number of fused-ring (bicyclic) bond motifs is 1. The summed E-state index contributed by atoms with van der Waals surface area (Å²) in [4.78, 5) is 33.4. The molecule has 2 aliphatic heterocycles. The van der Waals surface area contributed by atoms with Crippen LogP contribution in [0.1, 0.15) is 29.1 Å². The van der Waals surface area contributed by atoms with Gasteiger partial charge in [-0.1, -0.05) is 42.1 Å². The number of hydrogen-bond acceptors (Lipinski definition) is 7. The average molecular weight is 401 g/mol. The van der Waals surface area contributed by atoms with Crippen LogP contribution < -0.4 is 0 Å². The minimum Gasteiger partial charge on any atom is -0.450 e. The van der Waals surface area contributed by atoms with Crippen molar-refractivity contribution in [2.45, 2.75) is 30.3 Å². The molecule has 4 rings (SSSR count). The average Bonchev–Trinajstić information content (AvgIpc) is 3.21. The van der Waals surface area contributed by atoms with Crippen LogP contribution >= 0.6 is 11.8 Å². The van der Waals surface area contributed by atoms with Gasteiger partial charge in [-0.2, -0.15) is 4.68 Å². The summed E-state index contributed by atoms with van der Waals surface area (Å²) in [5.74, 6) is 0.566. The van der Waals surface area contributed by atoms with E-state index in [0.717, 1.165) is 5.56 Å². The van der Waals surface area contributed by atoms with Crippen molar-refractivity contribution in [3.05, 3.63) is 41.7 Å². The Labute approximate surface area is 167 Å². The summed E-state index contributed by atoms with van der Waals surface area (Å²) < 4.78 is 6.54. The minimum atomic E-state index is -0.313. The molecule has 3 heterocycles. The van der Waals surface area contributed by atoms with E-state index >= 15 is 0 Å². The van der Waals surface area contributed by atoms with Crippen LogP contribution in [0.4, 0.5) is 4.79 Å². The molecular formula is C19H23N5O3S. The Bertz CT molecular complexity index is 864. The van der Waals surface area contributed by atoms with Crippen molar-refractivity contribution in [3.63, 3.8) is 0 Å². The van der Waals surface area contributed by atoms with Gasteiger partial charge >= 0.3 is 6.09 Å². The molecule has 0 spiro atoms. The number of thioether (sulfide) groups is 1. The van der Waals surface area contributed by atoms with Crippen LogP contribution in [0.15, 0.2) is 35.5 Å². The fourth-order valence-corrected chi connectivity index (χ4v) is 5.03. The lowest BCUT2D eigenvalue weighted by Gasteiger charge is -2.40. The van der Waals surface area contributed by atoms with Crippen molar-refractivity contribution in [2.75, 3.05) is 32.8 Å². The van der Waals surface area contributed by atoms with Gasteiger partial charge in [0.15, 0.2) is 5.16 Å². The van der Waals surface area contributed by atoms with Gasteiger partial charge in [0.05, 0.1) is 12.6 Å². The lowest BCUT2D eigenvalue weighted by atomic mass is 10.00. The second-order valence-corrected chi connectivity index (χ2v) is 7.92. The molecule has 1 amide bonds. The Balaban J connectivity index is 1.56. The molecule has 2 aromatic rings. The van der Waals surface area contributed by atoms with Gasteiger partial charge < -0.3 is 9.64 Å². The number of nitrogens with zero attached hydrogens (tertiary/aromatic N) is 5. The molecule has 2 atom stereocenters. The van der Waals surface area contributed by atoms with Gasteiger partial charge in [0.25, 0.3) is 5.91 Å². The molecule has 1 aromatic carbocycles. The van der Waals surface area contributed by atoms with Crippen LogP contribution in [-0.4, -0.2) is 74.6 Å². The molecule has 0 aliphatic carbocycles. The number of piperazine rings is 1. The number of aryl methyl sites for hydroxylation is 1. The molecule has 0 radical (unpaired) electrons. The smallest absolute Gasteiger partial charge is 0.409 e. The third kappa shape index (κ3) is 3.51. The first kappa shape index (κ1) is 18.9. The minimum absolute atomic E-state index is 0.0396. The highest BCUT2D eigenvalue weighted by Gasteiger charge is 2.43. The van der Waals surface area contributed by atoms with Gasteiger partial charge in [0.1, 0.15) is 11.1 Å². The van der Waals surface area contributed by atoms with Gasteiger partial charge in [0, 0.05) is 26.2 Å². The van der Waals surface area contributed by atoms with Gasteiger partial charge in [-0.25, -0.2) is 9.78 Å². The van der Waals surface area contributed by atoms with Crippen molar-refractivity contribution in [2.24, 2.45) is 0 Å². The molecule has 0 N–H and O–H groups in total. The first-order chi connectivity index (χ1) is 13.6. The van der Waals surface area contributed by atoms with Crippen LogP contribution in [-0.2, 0) is 4.74 Å². The molecule has 1 fully saturated rings. The number of carbonyl (C=O) groups excluding carboxylic acids is 2. The van der Waals surface area contributed by atoms with Crippen molar-refractivity contribution in [1.29, 1.82) is 0 Å². The Kier molecular flexibility index (Phi) is 5.36. The van der Waals surface area contributed by atoms with Crippen molar-refractivity contribution >= 4 is 23.8 Å². The van der Waals surface area contributed by atoms with Gasteiger partial charge in [0.2, 0.25) is 0 Å². The van der Waals surface area contributed by atoms with E-state index in [2.05, 4.69) is 27.1 Å². The molecule has 2 unspecified atom stereocenters. The van der Waals surface area contributed by atoms with Crippen molar-refractivity contribution < 1.29 is 14.3 Å². The van der Waals surface area contributed by atoms with E-state index in [0.29, 0.717) is 43.8 Å². The number of carbonyl (C=O) groups is 2. The number of ether oxygens (including phenoxy) is 1. The number of benzene rings is 1. The highest BCUT2D eigenvalue weighted by molar-refractivity contribution is 8.00. The molecule has 148 valence electrons. The number of amides is 1. The molecular weight excluding hydrogens is 378 g/mol. The molecule has 28 heavy (non-hydrogen) atoms. The lowest BCUT2D eigenvalue weighted by molar-refractivity contribution is 0.0600. The van der Waals surface area contributed by atoms with E-state index in [1.165, 1.54) is 16.4 Å². The zero-order chi connectivity index (χ0) is 19.7. The lowest BCUT2D eigenvalue weighted by Crippen LogP contribution is -2.52. The summed E-state index contributed by atoms with van der Waals surface area (Å²) >= 11 is 1.47. The molecule has 2 aliphatic rings. The number of rotatable bonds is 4. The molecule has 0 saturated carbocycles. The highest BCUT2D eigenvalue weighted by Crippen LogP contribution is 2.41. The summed E-state index contributed by atoms with van der Waals surface area (Å²) in [6, 6.07) is 9.95. The quantitative estimate of drug-likeness (QED) is 0.777. The zero-order valence-corrected chi connectivity index (χ0v) is 16.8. The molecule has 9 heteroatoms. The van der Waals surface area contributed by atoms with Crippen LogP contribution in [0.5, 0.6) is 0 Å². The van der Waals surface area contributed by atoms with Crippen LogP contribution in [0.2, 0.25) is 0 Å². The monoisotopic (exact) mass is 401 g/mol. The zero-order valence-electron chi connectivity index (χ0n) is 15.9. The van der Waals surface area contributed by atoms with Crippen LogP contribution in [0.3, 0.4) is 0 Å². The summed E-state index contributed by atoms with van der Waals surface area (Å²) in [6.07, 6.45) is -0.274. The van der Waals surface area contributed by atoms with Crippen molar-refractivity contribution in [1.82, 2.24) is 24.6 Å². The fourth-order valence-electron chi connectivity index (χ4n) is 3.72. The normalized spacial score (nSPS) is 20.9. The summed E-state index contributed by atoms with van der Waals surface area (Å²) in [7, 11) is 0. The molecule has 1 aromatic heterocycles. The highest BCUT2D eigenvalue weighted by atomic mass is 32.2. The van der Waals surface area contributed by atoms with Gasteiger partial charge in [-0.15, -0.1) is 5.10 Å². The standard InChI is InChI=1S/C19H23N5O3S/c1-3-27-19(26)23-11-9-22(10-12-23)15(14-7-5-4-6-8-14)16-17(25)24-18(28-16)20-13(2)21-24/h4-8,15-16H,3,9-12H2,1-2H3. The first-order valence-corrected chi connectivity index (χ1v) is 10.3. The van der Waals surface area contributed by atoms with Gasteiger partial charge in [-0.3, -0.25) is 9.69 Å². The van der Waals surface area contributed by atoms with E-state index < -0.39 is 0 Å². The van der Waals surface area contributed by atoms with Crippen molar-refractivity contribution in [3.8, 4) is 0 Å². The summed E-state index contributed by atoms with van der Waals surface area (Å²) in [6.45, 7) is 6.48. The second kappa shape index (κ2) is 7.92. The summed E-state index contributed by atoms with van der Waals surface area (Å²) in [5, 5.41) is 4.59. The predicted octanol–water partition coefficient (Wildman–Crippen LogP) is 2.22. The number of aromatic nitrogens is 3. The van der Waals surface area contributed by atoms with E-state index in [1.54, 1.807) is 11.8 Å². The van der Waals surface area contributed by atoms with Crippen LogP contribution in [0.25, 0.3) is 0 Å². The Morgan fingerprint density at radius 1 is 1.25 bits per heavy atom. The Morgan fingerprint density at radius 3 is 2.61 bits per heavy atom. The maximum Gasteiger partial charge on any atom is 0.409 e. The largest absolute Gasteiger partial charge is 0.450 e. The van der Waals surface area contributed by atoms with Gasteiger partial charge in [-0.05, 0) is 19.4 Å². The predicted molar refractivity (Wildman–Crippen MR) is 104 cm³/mol. The van der Waals surface area contributed by atoms with E-state index in [1.807, 2.05) is 25.1 Å². The Morgan fingerprint density at radius 2 is 1.96 bits per heavy atom. The molecule has 0 bridgehead atoms. The third-order valence-electron chi connectivity index (χ3n) is 5.03. The number of hydrogen-bond donors (Lipinski definition) is 0. The topological polar surface area (TPSA) is 80.6 Å². The maximum absolute atomic E-state index is 13.1. The van der Waals surface area contributed by atoms with Crippen LogP contribution in [0, 0.1) is 6.92 Å². The third-order valence-corrected chi connectivity index (χ3v) is 6.22. The second-order valence-electron chi connectivity index (χ2n) is 6.81. The SMILES string of the molecule is CCOC(=O)N1CCN(C(c2ccccc2)C2Sc3nc(C)nn3C2=O)CC1. The summed E-state index contributed by atoms with van der Waals surface area (Å²) in [5.41, 5.74) is 1.08. The van der Waals surface area contributed by atoms with E-state index in [-0.39, 0.29) is 23.3 Å². The van der Waals surface area contributed by atoms with E-state index in [4.69, 9.17) is 4.74 Å². The first-order valence-electron chi connectivity index (χ1n) is 9.43. The molecule has 8 nitrogen and oxygen atoms in total. The fraction of sp³-hybridized carbons (Fsp3) is 0.474. The maximum atomic E-state index is 13.1. The van der Waals surface area contributed by atoms with E-state index in [9.17, 15) is 9.59 Å². The Hall–Kier alpha value is -2.39.